The molecule has 2 fully saturated rings. The number of amides is 1. The highest BCUT2D eigenvalue weighted by Gasteiger charge is 2.32. The molecule has 2 aliphatic rings. The van der Waals surface area contributed by atoms with E-state index in [0.29, 0.717) is 22.6 Å². The summed E-state index contributed by atoms with van der Waals surface area (Å²) in [6, 6.07) is 19.4. The Morgan fingerprint density at radius 2 is 1.38 bits per heavy atom. The average molecular weight is 566 g/mol. The number of likely N-dealkylation sites (tertiary alicyclic amines) is 2. The van der Waals surface area contributed by atoms with Gasteiger partial charge in [0.25, 0.3) is 0 Å². The van der Waals surface area contributed by atoms with E-state index in [2.05, 4.69) is 32.1 Å². The fourth-order valence-electron chi connectivity index (χ4n) is 5.46. The standard InChI is InChI=1S/C31H34Cl2N4O2/c32-28-5-1-24(2-6-28)22-39-35-30(25-3-7-29(33)8-4-25)26-13-19-37(20-14-26)31(38)27-11-17-36(18-12-27)21-23-9-15-34-16-10-23/h1-10,15-16,26-27H,11-14,17-22H2. The third-order valence-corrected chi connectivity index (χ3v) is 8.24. The first-order valence-electron chi connectivity index (χ1n) is 13.7. The molecule has 1 aromatic heterocycles. The van der Waals surface area contributed by atoms with Crippen LogP contribution in [0.4, 0.5) is 0 Å². The molecule has 0 N–H and O–H groups in total. The van der Waals surface area contributed by atoms with Crippen LogP contribution in [0.2, 0.25) is 10.0 Å². The van der Waals surface area contributed by atoms with Gasteiger partial charge in [0.2, 0.25) is 5.91 Å². The van der Waals surface area contributed by atoms with Gasteiger partial charge in [0.1, 0.15) is 6.61 Å². The summed E-state index contributed by atoms with van der Waals surface area (Å²) in [5.41, 5.74) is 4.19. The molecule has 3 heterocycles. The summed E-state index contributed by atoms with van der Waals surface area (Å²) >= 11 is 12.1. The third kappa shape index (κ3) is 7.59. The Hall–Kier alpha value is -2.93. The second-order valence-corrected chi connectivity index (χ2v) is 11.3. The van der Waals surface area contributed by atoms with E-state index >= 15 is 0 Å². The molecule has 2 aliphatic heterocycles. The summed E-state index contributed by atoms with van der Waals surface area (Å²) in [7, 11) is 0. The minimum atomic E-state index is 0.113. The number of hydrogen-bond acceptors (Lipinski definition) is 5. The number of carbonyl (C=O) groups excluding carboxylic acids is 1. The van der Waals surface area contributed by atoms with Crippen molar-refractivity contribution < 1.29 is 9.63 Å². The molecule has 6 nitrogen and oxygen atoms in total. The van der Waals surface area contributed by atoms with Crippen molar-refractivity contribution in [3.8, 4) is 0 Å². The summed E-state index contributed by atoms with van der Waals surface area (Å²) in [5.74, 6) is 0.631. The molecule has 0 radical (unpaired) electrons. The van der Waals surface area contributed by atoms with Gasteiger partial charge in [-0.3, -0.25) is 14.7 Å². The first kappa shape index (κ1) is 27.6. The number of carbonyl (C=O) groups is 1. The molecule has 0 spiro atoms. The van der Waals surface area contributed by atoms with E-state index < -0.39 is 0 Å². The number of aromatic nitrogens is 1. The molecule has 0 aliphatic carbocycles. The van der Waals surface area contributed by atoms with Crippen molar-refractivity contribution in [3.05, 3.63) is 99.8 Å². The van der Waals surface area contributed by atoms with Gasteiger partial charge in [-0.05, 0) is 91.9 Å². The van der Waals surface area contributed by atoms with Gasteiger partial charge in [0, 0.05) is 53.9 Å². The molecule has 2 aromatic carbocycles. The van der Waals surface area contributed by atoms with Crippen LogP contribution in [0.5, 0.6) is 0 Å². The molecule has 0 unspecified atom stereocenters. The summed E-state index contributed by atoms with van der Waals surface area (Å²) < 4.78 is 0. The SMILES string of the molecule is O=C(C1CCN(Cc2ccncc2)CC1)N1CCC(C(=NOCc2ccc(Cl)cc2)c2ccc(Cl)cc2)CC1. The molecule has 5 rings (SSSR count). The van der Waals surface area contributed by atoms with Gasteiger partial charge in [-0.25, -0.2) is 0 Å². The van der Waals surface area contributed by atoms with Crippen LogP contribution in [0, 0.1) is 11.8 Å². The zero-order valence-corrected chi connectivity index (χ0v) is 23.5. The zero-order chi connectivity index (χ0) is 27.0. The van der Waals surface area contributed by atoms with Gasteiger partial charge < -0.3 is 9.74 Å². The van der Waals surface area contributed by atoms with Gasteiger partial charge >= 0.3 is 0 Å². The molecule has 0 atom stereocenters. The summed E-state index contributed by atoms with van der Waals surface area (Å²) in [4.78, 5) is 27.8. The predicted molar refractivity (Wildman–Crippen MR) is 156 cm³/mol. The lowest BCUT2D eigenvalue weighted by molar-refractivity contribution is -0.138. The number of oxime groups is 1. The minimum Gasteiger partial charge on any atom is -0.391 e. The molecule has 3 aromatic rings. The Balaban J connectivity index is 1.16. The molecule has 39 heavy (non-hydrogen) atoms. The highest BCUT2D eigenvalue weighted by molar-refractivity contribution is 6.30. The van der Waals surface area contributed by atoms with Crippen LogP contribution in [-0.4, -0.2) is 52.6 Å². The lowest BCUT2D eigenvalue weighted by Gasteiger charge is -2.37. The van der Waals surface area contributed by atoms with Crippen molar-refractivity contribution in [1.29, 1.82) is 0 Å². The van der Waals surface area contributed by atoms with Crippen LogP contribution in [-0.2, 0) is 22.8 Å². The van der Waals surface area contributed by atoms with Crippen molar-refractivity contribution in [3.63, 3.8) is 0 Å². The first-order valence-corrected chi connectivity index (χ1v) is 14.4. The third-order valence-electron chi connectivity index (χ3n) is 7.73. The fraction of sp³-hybridized carbons (Fsp3) is 0.387. The highest BCUT2D eigenvalue weighted by Crippen LogP contribution is 2.27. The van der Waals surface area contributed by atoms with Crippen molar-refractivity contribution in [1.82, 2.24) is 14.8 Å². The lowest BCUT2D eigenvalue weighted by atomic mass is 9.87. The van der Waals surface area contributed by atoms with Crippen LogP contribution in [0.15, 0.2) is 78.2 Å². The van der Waals surface area contributed by atoms with Gasteiger partial charge in [0.15, 0.2) is 0 Å². The minimum absolute atomic E-state index is 0.113. The maximum absolute atomic E-state index is 13.4. The van der Waals surface area contributed by atoms with E-state index in [9.17, 15) is 4.79 Å². The predicted octanol–water partition coefficient (Wildman–Crippen LogP) is 6.46. The largest absolute Gasteiger partial charge is 0.391 e. The maximum atomic E-state index is 13.4. The number of pyridine rings is 1. The average Bonchev–Trinajstić information content (AvgIpc) is 2.98. The van der Waals surface area contributed by atoms with Crippen LogP contribution in [0.1, 0.15) is 42.4 Å². The molecule has 1 amide bonds. The number of piperidine rings is 2. The van der Waals surface area contributed by atoms with Crippen molar-refractivity contribution in [2.24, 2.45) is 17.0 Å². The highest BCUT2D eigenvalue weighted by atomic mass is 35.5. The van der Waals surface area contributed by atoms with Crippen molar-refractivity contribution in [2.45, 2.75) is 38.8 Å². The monoisotopic (exact) mass is 564 g/mol. The Morgan fingerprint density at radius 3 is 2.03 bits per heavy atom. The molecule has 0 bridgehead atoms. The molecule has 0 saturated carbocycles. The quantitative estimate of drug-likeness (QED) is 0.232. The number of hydrogen-bond donors (Lipinski definition) is 0. The lowest BCUT2D eigenvalue weighted by Crippen LogP contribution is -2.46. The van der Waals surface area contributed by atoms with Gasteiger partial charge in [0.05, 0.1) is 5.71 Å². The van der Waals surface area contributed by atoms with Gasteiger partial charge in [-0.2, -0.15) is 0 Å². The topological polar surface area (TPSA) is 58.0 Å². The second kappa shape index (κ2) is 13.4. The van der Waals surface area contributed by atoms with E-state index in [1.54, 1.807) is 0 Å². The van der Waals surface area contributed by atoms with Crippen LogP contribution in [0.25, 0.3) is 0 Å². The van der Waals surface area contributed by atoms with Crippen molar-refractivity contribution >= 4 is 34.8 Å². The van der Waals surface area contributed by atoms with Crippen LogP contribution >= 0.6 is 23.2 Å². The van der Waals surface area contributed by atoms with E-state index in [1.807, 2.05) is 60.9 Å². The number of halogens is 2. The smallest absolute Gasteiger partial charge is 0.225 e. The summed E-state index contributed by atoms with van der Waals surface area (Å²) in [6.45, 7) is 4.67. The summed E-state index contributed by atoms with van der Waals surface area (Å²) in [6.07, 6.45) is 7.23. The van der Waals surface area contributed by atoms with Crippen LogP contribution < -0.4 is 0 Å². The van der Waals surface area contributed by atoms with E-state index in [0.717, 1.165) is 75.2 Å². The van der Waals surface area contributed by atoms with Gasteiger partial charge in [-0.15, -0.1) is 0 Å². The van der Waals surface area contributed by atoms with Crippen LogP contribution in [0.3, 0.4) is 0 Å². The van der Waals surface area contributed by atoms with Crippen molar-refractivity contribution in [2.75, 3.05) is 26.2 Å². The molecule has 2 saturated heterocycles. The number of benzene rings is 2. The Bertz CT molecular complexity index is 1240. The molecular formula is C31H34Cl2N4O2. The summed E-state index contributed by atoms with van der Waals surface area (Å²) in [5, 5.41) is 5.98. The Morgan fingerprint density at radius 1 is 0.795 bits per heavy atom. The Kier molecular flexibility index (Phi) is 9.51. The van der Waals surface area contributed by atoms with Gasteiger partial charge in [-0.1, -0.05) is 52.6 Å². The number of rotatable bonds is 8. The Labute approximate surface area is 240 Å². The zero-order valence-electron chi connectivity index (χ0n) is 22.0. The van der Waals surface area contributed by atoms with E-state index in [4.69, 9.17) is 28.0 Å². The first-order chi connectivity index (χ1) is 19.0. The maximum Gasteiger partial charge on any atom is 0.225 e. The molecular weight excluding hydrogens is 531 g/mol. The normalized spacial score (nSPS) is 17.8. The fourth-order valence-corrected chi connectivity index (χ4v) is 5.71. The second-order valence-electron chi connectivity index (χ2n) is 10.4. The van der Waals surface area contributed by atoms with E-state index in [-0.39, 0.29) is 11.8 Å². The molecule has 8 heteroatoms. The molecule has 204 valence electrons. The number of nitrogens with zero attached hydrogens (tertiary/aromatic N) is 4. The van der Waals surface area contributed by atoms with E-state index in [1.165, 1.54) is 5.56 Å².